The van der Waals surface area contributed by atoms with Crippen LogP contribution in [0.3, 0.4) is 0 Å². The van der Waals surface area contributed by atoms with Crippen molar-refractivity contribution < 1.29 is 19.1 Å². The second-order valence-corrected chi connectivity index (χ2v) is 4.55. The molecule has 0 unspecified atom stereocenters. The van der Waals surface area contributed by atoms with Crippen molar-refractivity contribution in [3.8, 4) is 0 Å². The van der Waals surface area contributed by atoms with Gasteiger partial charge in [0.25, 0.3) is 0 Å². The first-order chi connectivity index (χ1) is 10.2. The zero-order valence-corrected chi connectivity index (χ0v) is 11.6. The highest BCUT2D eigenvalue weighted by molar-refractivity contribution is 6.12. The molecule has 1 aromatic carbocycles. The van der Waals surface area contributed by atoms with E-state index in [0.29, 0.717) is 11.1 Å². The molecule has 0 bridgehead atoms. The molecule has 0 atom stereocenters. The summed E-state index contributed by atoms with van der Waals surface area (Å²) in [5, 5.41) is 0.737. The third-order valence-electron chi connectivity index (χ3n) is 3.45. The molecule has 0 aliphatic heterocycles. The van der Waals surface area contributed by atoms with Crippen molar-refractivity contribution in [2.45, 2.75) is 0 Å². The van der Waals surface area contributed by atoms with Gasteiger partial charge in [-0.3, -0.25) is 0 Å². The smallest absolute Gasteiger partial charge is 0.340 e. The van der Waals surface area contributed by atoms with Crippen LogP contribution in [0.5, 0.6) is 0 Å². The van der Waals surface area contributed by atoms with E-state index in [2.05, 4.69) is 0 Å². The lowest BCUT2D eigenvalue weighted by Gasteiger charge is -2.00. The Hall–Kier alpha value is -2.82. The van der Waals surface area contributed by atoms with E-state index >= 15 is 0 Å². The fraction of sp³-hybridized carbons (Fsp3) is 0.125. The van der Waals surface area contributed by atoms with E-state index in [-0.39, 0.29) is 0 Å². The average molecular weight is 283 g/mol. The molecule has 5 heteroatoms. The van der Waals surface area contributed by atoms with Gasteiger partial charge in [0, 0.05) is 11.6 Å². The lowest BCUT2D eigenvalue weighted by molar-refractivity contribution is 0.0594. The van der Waals surface area contributed by atoms with Crippen molar-refractivity contribution in [3.05, 3.63) is 53.7 Å². The Morgan fingerprint density at radius 3 is 2.43 bits per heavy atom. The van der Waals surface area contributed by atoms with Crippen molar-refractivity contribution in [1.82, 2.24) is 4.40 Å². The molecule has 21 heavy (non-hydrogen) atoms. The van der Waals surface area contributed by atoms with Crippen LogP contribution in [0.25, 0.3) is 16.4 Å². The summed E-state index contributed by atoms with van der Waals surface area (Å²) in [5.41, 5.74) is 2.42. The van der Waals surface area contributed by atoms with Crippen molar-refractivity contribution >= 4 is 28.4 Å². The summed E-state index contributed by atoms with van der Waals surface area (Å²) in [7, 11) is 2.69. The summed E-state index contributed by atoms with van der Waals surface area (Å²) in [5.74, 6) is -0.818. The standard InChI is InChI=1S/C16H13NO4/c1-20-15(18)10-6-7-11-13(9-10)17-8-4-3-5-12(17)14(11)16(19)21-2/h3-9H,1-2H3. The molecular weight excluding hydrogens is 270 g/mol. The Balaban J connectivity index is 2.40. The molecule has 0 saturated carbocycles. The van der Waals surface area contributed by atoms with Gasteiger partial charge in [-0.25, -0.2) is 9.59 Å². The van der Waals surface area contributed by atoms with Gasteiger partial charge < -0.3 is 13.9 Å². The maximum atomic E-state index is 12.1. The van der Waals surface area contributed by atoms with Crippen LogP contribution in [0.2, 0.25) is 0 Å². The van der Waals surface area contributed by atoms with E-state index in [1.165, 1.54) is 14.2 Å². The maximum Gasteiger partial charge on any atom is 0.340 e. The van der Waals surface area contributed by atoms with Crippen molar-refractivity contribution in [3.63, 3.8) is 0 Å². The molecule has 0 amide bonds. The molecule has 3 aromatic rings. The number of pyridine rings is 1. The zero-order valence-electron chi connectivity index (χ0n) is 11.6. The quantitative estimate of drug-likeness (QED) is 0.678. The predicted octanol–water partition coefficient (Wildman–Crippen LogP) is 2.67. The number of hydrogen-bond donors (Lipinski definition) is 0. The first kappa shape index (κ1) is 13.2. The van der Waals surface area contributed by atoms with Gasteiger partial charge in [-0.05, 0) is 24.3 Å². The summed E-state index contributed by atoms with van der Waals surface area (Å²) >= 11 is 0. The number of benzene rings is 1. The van der Waals surface area contributed by atoms with Gasteiger partial charge >= 0.3 is 11.9 Å². The molecule has 2 aromatic heterocycles. The molecular formula is C16H13NO4. The molecule has 5 nitrogen and oxygen atoms in total. The van der Waals surface area contributed by atoms with Crippen LogP contribution in [0, 0.1) is 0 Å². The van der Waals surface area contributed by atoms with Crippen LogP contribution in [0.15, 0.2) is 42.6 Å². The van der Waals surface area contributed by atoms with E-state index in [4.69, 9.17) is 9.47 Å². The monoisotopic (exact) mass is 283 g/mol. The van der Waals surface area contributed by atoms with E-state index in [9.17, 15) is 9.59 Å². The largest absolute Gasteiger partial charge is 0.465 e. The highest BCUT2D eigenvalue weighted by Crippen LogP contribution is 2.28. The highest BCUT2D eigenvalue weighted by Gasteiger charge is 2.19. The van der Waals surface area contributed by atoms with Gasteiger partial charge in [-0.15, -0.1) is 0 Å². The van der Waals surface area contributed by atoms with Crippen LogP contribution in [-0.2, 0) is 9.47 Å². The SMILES string of the molecule is COC(=O)c1ccc2c(C(=O)OC)c3ccccn3c2c1. The zero-order chi connectivity index (χ0) is 15.0. The Morgan fingerprint density at radius 1 is 0.952 bits per heavy atom. The van der Waals surface area contributed by atoms with Crippen molar-refractivity contribution in [2.75, 3.05) is 14.2 Å². The number of carbonyl (C=O) groups excluding carboxylic acids is 2. The molecule has 106 valence electrons. The minimum atomic E-state index is -0.414. The van der Waals surface area contributed by atoms with Crippen LogP contribution in [0.4, 0.5) is 0 Å². The molecule has 3 rings (SSSR count). The van der Waals surface area contributed by atoms with Crippen LogP contribution < -0.4 is 0 Å². The van der Waals surface area contributed by atoms with Crippen LogP contribution >= 0.6 is 0 Å². The molecule has 0 aliphatic rings. The average Bonchev–Trinajstić information content (AvgIpc) is 2.87. The second kappa shape index (κ2) is 4.94. The summed E-state index contributed by atoms with van der Waals surface area (Å²) in [6, 6.07) is 10.6. The number of rotatable bonds is 2. The third kappa shape index (κ3) is 1.94. The molecule has 0 spiro atoms. The summed E-state index contributed by atoms with van der Waals surface area (Å²) in [6.45, 7) is 0. The molecule has 0 fully saturated rings. The second-order valence-electron chi connectivity index (χ2n) is 4.55. The van der Waals surface area contributed by atoms with E-state index in [1.807, 2.05) is 28.8 Å². The Morgan fingerprint density at radius 2 is 1.71 bits per heavy atom. The van der Waals surface area contributed by atoms with Crippen molar-refractivity contribution in [1.29, 1.82) is 0 Å². The molecule has 0 saturated heterocycles. The highest BCUT2D eigenvalue weighted by atomic mass is 16.5. The van der Waals surface area contributed by atoms with Crippen LogP contribution in [-0.4, -0.2) is 30.6 Å². The van der Waals surface area contributed by atoms with Crippen LogP contribution in [0.1, 0.15) is 20.7 Å². The topological polar surface area (TPSA) is 57.0 Å². The number of esters is 2. The number of methoxy groups -OCH3 is 2. The number of carbonyl (C=O) groups is 2. The lowest BCUT2D eigenvalue weighted by atomic mass is 10.1. The molecule has 0 radical (unpaired) electrons. The van der Waals surface area contributed by atoms with E-state index in [0.717, 1.165) is 16.4 Å². The van der Waals surface area contributed by atoms with Crippen molar-refractivity contribution in [2.24, 2.45) is 0 Å². The van der Waals surface area contributed by atoms with Gasteiger partial charge in [0.2, 0.25) is 0 Å². The first-order valence-corrected chi connectivity index (χ1v) is 6.37. The fourth-order valence-corrected chi connectivity index (χ4v) is 2.50. The van der Waals surface area contributed by atoms with Gasteiger partial charge in [0.15, 0.2) is 0 Å². The summed E-state index contributed by atoms with van der Waals surface area (Å²) in [6.07, 6.45) is 1.84. The third-order valence-corrected chi connectivity index (χ3v) is 3.45. The van der Waals surface area contributed by atoms with E-state index < -0.39 is 11.9 Å². The summed E-state index contributed by atoms with van der Waals surface area (Å²) < 4.78 is 11.5. The number of hydrogen-bond acceptors (Lipinski definition) is 4. The lowest BCUT2D eigenvalue weighted by Crippen LogP contribution is -2.02. The Bertz CT molecular complexity index is 863. The molecule has 0 aliphatic carbocycles. The van der Waals surface area contributed by atoms with Gasteiger partial charge in [0.05, 0.1) is 36.4 Å². The van der Waals surface area contributed by atoms with Gasteiger partial charge in [-0.2, -0.15) is 0 Å². The maximum absolute atomic E-state index is 12.1. The minimum Gasteiger partial charge on any atom is -0.465 e. The number of ether oxygens (including phenoxy) is 2. The molecule has 0 N–H and O–H groups in total. The van der Waals surface area contributed by atoms with Gasteiger partial charge in [-0.1, -0.05) is 12.1 Å². The normalized spacial score (nSPS) is 10.8. The van der Waals surface area contributed by atoms with Gasteiger partial charge in [0.1, 0.15) is 0 Å². The summed E-state index contributed by atoms with van der Waals surface area (Å²) in [4.78, 5) is 23.7. The number of aromatic nitrogens is 1. The number of nitrogens with zero attached hydrogens (tertiary/aromatic N) is 1. The molecule has 2 heterocycles. The first-order valence-electron chi connectivity index (χ1n) is 6.37. The fourth-order valence-electron chi connectivity index (χ4n) is 2.50. The number of fused-ring (bicyclic) bond motifs is 3. The minimum absolute atomic E-state index is 0.403. The van der Waals surface area contributed by atoms with E-state index in [1.54, 1.807) is 18.2 Å². The Kier molecular flexibility index (Phi) is 3.10. The Labute approximate surface area is 120 Å². The predicted molar refractivity (Wildman–Crippen MR) is 77.6 cm³/mol.